The van der Waals surface area contributed by atoms with Crippen LogP contribution in [0.15, 0.2) is 41.0 Å². The second-order valence-electron chi connectivity index (χ2n) is 5.60. The van der Waals surface area contributed by atoms with Gasteiger partial charge in [-0.05, 0) is 41.4 Å². The molecule has 1 aromatic carbocycles. The molecule has 1 aromatic heterocycles. The lowest BCUT2D eigenvalue weighted by atomic mass is 9.59. The molecule has 20 heavy (non-hydrogen) atoms. The van der Waals surface area contributed by atoms with Gasteiger partial charge < -0.3 is 5.32 Å². The maximum absolute atomic E-state index is 4.38. The lowest BCUT2D eigenvalue weighted by Crippen LogP contribution is -2.46. The second kappa shape index (κ2) is 5.34. The molecular weight excluding hydrogens is 314 g/mol. The van der Waals surface area contributed by atoms with E-state index in [1.54, 1.807) is 0 Å². The minimum Gasteiger partial charge on any atom is -0.311 e. The molecule has 106 valence electrons. The molecule has 1 fully saturated rings. The summed E-state index contributed by atoms with van der Waals surface area (Å²) >= 11 is 3.65. The van der Waals surface area contributed by atoms with Crippen LogP contribution in [0.1, 0.15) is 36.6 Å². The van der Waals surface area contributed by atoms with Gasteiger partial charge in [-0.1, -0.05) is 36.8 Å². The van der Waals surface area contributed by atoms with Gasteiger partial charge in [0.2, 0.25) is 0 Å². The first-order valence-electron chi connectivity index (χ1n) is 7.09. The lowest BCUT2D eigenvalue weighted by Gasteiger charge is -2.48. The van der Waals surface area contributed by atoms with Crippen molar-refractivity contribution in [3.63, 3.8) is 0 Å². The molecule has 0 bridgehead atoms. The van der Waals surface area contributed by atoms with Crippen molar-refractivity contribution in [2.45, 2.75) is 30.7 Å². The number of hydrogen-bond acceptors (Lipinski definition) is 2. The van der Waals surface area contributed by atoms with Gasteiger partial charge in [-0.25, -0.2) is 0 Å². The zero-order chi connectivity index (χ0) is 14.2. The van der Waals surface area contributed by atoms with Crippen LogP contribution in [0.4, 0.5) is 0 Å². The number of hydrogen-bond donors (Lipinski definition) is 1. The maximum Gasteiger partial charge on any atom is 0.0701 e. The summed E-state index contributed by atoms with van der Waals surface area (Å²) in [5, 5.41) is 7.92. The van der Waals surface area contributed by atoms with Gasteiger partial charge in [0, 0.05) is 12.5 Å². The lowest BCUT2D eigenvalue weighted by molar-refractivity contribution is 0.169. The van der Waals surface area contributed by atoms with Gasteiger partial charge in [0.1, 0.15) is 0 Å². The van der Waals surface area contributed by atoms with Crippen molar-refractivity contribution < 1.29 is 0 Å². The number of nitrogens with zero attached hydrogens (tertiary/aromatic N) is 2. The molecule has 0 radical (unpaired) electrons. The summed E-state index contributed by atoms with van der Waals surface area (Å²) in [6.07, 6.45) is 5.62. The van der Waals surface area contributed by atoms with Gasteiger partial charge in [-0.15, -0.1) is 0 Å². The Morgan fingerprint density at radius 1 is 1.30 bits per heavy atom. The van der Waals surface area contributed by atoms with Crippen molar-refractivity contribution in [3.8, 4) is 0 Å². The zero-order valence-corrected chi connectivity index (χ0v) is 13.5. The quantitative estimate of drug-likeness (QED) is 0.926. The van der Waals surface area contributed by atoms with Crippen LogP contribution in [0, 0.1) is 0 Å². The summed E-state index contributed by atoms with van der Waals surface area (Å²) < 4.78 is 3.07. The highest BCUT2D eigenvalue weighted by Crippen LogP contribution is 2.52. The first kappa shape index (κ1) is 13.8. The molecule has 1 aliphatic rings. The van der Waals surface area contributed by atoms with Gasteiger partial charge in [-0.2, -0.15) is 5.10 Å². The molecule has 2 aromatic rings. The van der Waals surface area contributed by atoms with Crippen LogP contribution in [-0.4, -0.2) is 16.8 Å². The summed E-state index contributed by atoms with van der Waals surface area (Å²) in [5.74, 6) is 0. The van der Waals surface area contributed by atoms with E-state index in [-0.39, 0.29) is 11.5 Å². The van der Waals surface area contributed by atoms with Crippen molar-refractivity contribution in [1.29, 1.82) is 0 Å². The molecule has 3 rings (SSSR count). The maximum atomic E-state index is 4.38. The van der Waals surface area contributed by atoms with Crippen molar-refractivity contribution >= 4 is 15.9 Å². The number of halogens is 1. The zero-order valence-electron chi connectivity index (χ0n) is 11.9. The Hall–Kier alpha value is -1.13. The molecular formula is C16H20BrN3. The van der Waals surface area contributed by atoms with E-state index in [1.165, 1.54) is 30.5 Å². The molecule has 1 N–H and O–H groups in total. The van der Waals surface area contributed by atoms with Crippen LogP contribution in [0.5, 0.6) is 0 Å². The third kappa shape index (κ3) is 2.02. The highest BCUT2D eigenvalue weighted by Gasteiger charge is 2.47. The number of aryl methyl sites for hydroxylation is 1. The molecule has 1 aliphatic carbocycles. The molecule has 0 saturated heterocycles. The molecule has 1 unspecified atom stereocenters. The Balaban J connectivity index is 2.08. The Labute approximate surface area is 128 Å². The largest absolute Gasteiger partial charge is 0.311 e. The van der Waals surface area contributed by atoms with Crippen molar-refractivity contribution in [2.75, 3.05) is 7.05 Å². The average molecular weight is 334 g/mol. The van der Waals surface area contributed by atoms with Crippen LogP contribution < -0.4 is 5.32 Å². The van der Waals surface area contributed by atoms with Gasteiger partial charge in [0.05, 0.1) is 22.4 Å². The third-order valence-corrected chi connectivity index (χ3v) is 5.26. The summed E-state index contributed by atoms with van der Waals surface area (Å²) in [7, 11) is 4.06. The van der Waals surface area contributed by atoms with E-state index in [9.17, 15) is 0 Å². The highest BCUT2D eigenvalue weighted by atomic mass is 79.9. The second-order valence-corrected chi connectivity index (χ2v) is 6.45. The first-order chi connectivity index (χ1) is 9.69. The molecule has 1 heterocycles. The summed E-state index contributed by atoms with van der Waals surface area (Å²) in [6, 6.07) is 11.2. The Kier molecular flexibility index (Phi) is 3.69. The molecule has 1 saturated carbocycles. The molecule has 0 spiro atoms. The number of likely N-dealkylation sites (N-methyl/N-ethyl adjacent to an activating group) is 1. The number of rotatable bonds is 4. The number of aromatic nitrogens is 2. The van der Waals surface area contributed by atoms with E-state index in [4.69, 9.17) is 0 Å². The van der Waals surface area contributed by atoms with Crippen LogP contribution in [0.3, 0.4) is 0 Å². The predicted octanol–water partition coefficient (Wildman–Crippen LogP) is 3.57. The molecule has 0 amide bonds. The Bertz CT molecular complexity index is 568. The van der Waals surface area contributed by atoms with E-state index < -0.39 is 0 Å². The molecule has 3 nitrogen and oxygen atoms in total. The molecule has 4 heteroatoms. The van der Waals surface area contributed by atoms with E-state index in [1.807, 2.05) is 25.0 Å². The summed E-state index contributed by atoms with van der Waals surface area (Å²) in [4.78, 5) is 0. The predicted molar refractivity (Wildman–Crippen MR) is 84.7 cm³/mol. The third-order valence-electron chi connectivity index (χ3n) is 4.65. The highest BCUT2D eigenvalue weighted by molar-refractivity contribution is 9.10. The van der Waals surface area contributed by atoms with E-state index >= 15 is 0 Å². The van der Waals surface area contributed by atoms with Gasteiger partial charge in [0.15, 0.2) is 0 Å². The van der Waals surface area contributed by atoms with Gasteiger partial charge in [0.25, 0.3) is 0 Å². The van der Waals surface area contributed by atoms with Crippen LogP contribution in [-0.2, 0) is 12.5 Å². The average Bonchev–Trinajstić information content (AvgIpc) is 2.75. The number of benzene rings is 1. The van der Waals surface area contributed by atoms with E-state index in [0.29, 0.717) is 0 Å². The summed E-state index contributed by atoms with van der Waals surface area (Å²) in [5.41, 5.74) is 2.85. The smallest absolute Gasteiger partial charge is 0.0701 e. The van der Waals surface area contributed by atoms with Crippen molar-refractivity contribution in [1.82, 2.24) is 15.1 Å². The first-order valence-corrected chi connectivity index (χ1v) is 7.88. The molecule has 0 aliphatic heterocycles. The number of nitrogens with one attached hydrogen (secondary N) is 1. The van der Waals surface area contributed by atoms with Crippen LogP contribution >= 0.6 is 15.9 Å². The summed E-state index contributed by atoms with van der Waals surface area (Å²) in [6.45, 7) is 0. The SMILES string of the molecule is CNC(c1c(Br)cnn1C)C1(c2ccccc2)CCC1. The van der Waals surface area contributed by atoms with E-state index in [0.717, 1.165) is 4.47 Å². The normalized spacial score (nSPS) is 18.6. The topological polar surface area (TPSA) is 29.9 Å². The minimum atomic E-state index is 0.187. The van der Waals surface area contributed by atoms with Crippen molar-refractivity contribution in [2.24, 2.45) is 7.05 Å². The fourth-order valence-electron chi connectivity index (χ4n) is 3.49. The Morgan fingerprint density at radius 2 is 2.00 bits per heavy atom. The van der Waals surface area contributed by atoms with Crippen LogP contribution in [0.25, 0.3) is 0 Å². The monoisotopic (exact) mass is 333 g/mol. The fraction of sp³-hybridized carbons (Fsp3) is 0.438. The standard InChI is InChI=1S/C16H20BrN3/c1-18-15(14-13(17)11-19-20(14)2)16(9-6-10-16)12-7-4-3-5-8-12/h3-5,7-8,11,15,18H,6,9-10H2,1-2H3. The Morgan fingerprint density at radius 3 is 2.45 bits per heavy atom. The van der Waals surface area contributed by atoms with E-state index in [2.05, 4.69) is 56.7 Å². The fourth-order valence-corrected chi connectivity index (χ4v) is 4.07. The molecule has 1 atom stereocenters. The van der Waals surface area contributed by atoms with Gasteiger partial charge >= 0.3 is 0 Å². The van der Waals surface area contributed by atoms with Crippen molar-refractivity contribution in [3.05, 3.63) is 52.3 Å². The van der Waals surface area contributed by atoms with Gasteiger partial charge in [-0.3, -0.25) is 4.68 Å². The van der Waals surface area contributed by atoms with Crippen LogP contribution in [0.2, 0.25) is 0 Å². The minimum absolute atomic E-state index is 0.187.